The molecule has 0 radical (unpaired) electrons. The minimum Gasteiger partial charge on any atom is -0.394 e. The molecule has 2 rings (SSSR count). The van der Waals surface area contributed by atoms with Gasteiger partial charge in [-0.15, -0.1) is 0 Å². The highest BCUT2D eigenvalue weighted by Crippen LogP contribution is 2.28. The molecule has 0 bridgehead atoms. The number of piperidine rings is 1. The lowest BCUT2D eigenvalue weighted by Crippen LogP contribution is -2.42. The molecule has 5 heteroatoms. The average molecular weight is 328 g/mol. The molecule has 1 aliphatic heterocycles. The minimum absolute atomic E-state index is 0.0803. The fourth-order valence-corrected chi connectivity index (χ4v) is 2.75. The molecule has 106 valence electrons. The van der Waals surface area contributed by atoms with Gasteiger partial charge in [0.2, 0.25) is 0 Å². The van der Waals surface area contributed by atoms with Gasteiger partial charge in [-0.2, -0.15) is 0 Å². The largest absolute Gasteiger partial charge is 0.394 e. The molecule has 0 aliphatic carbocycles. The first kappa shape index (κ1) is 14.7. The standard InChI is InChI=1S/C14H22BrN3O/c1-14(2,3)13-16-11(15)8-12(17-13)18-7-5-4-6-10(18)9-19/h8,10,19H,4-7,9H2,1-3H3. The van der Waals surface area contributed by atoms with Crippen LogP contribution in [0.2, 0.25) is 0 Å². The highest BCUT2D eigenvalue weighted by molar-refractivity contribution is 9.10. The molecule has 4 nitrogen and oxygen atoms in total. The summed E-state index contributed by atoms with van der Waals surface area (Å²) >= 11 is 3.47. The van der Waals surface area contributed by atoms with E-state index in [-0.39, 0.29) is 18.1 Å². The second kappa shape index (κ2) is 5.75. The van der Waals surface area contributed by atoms with Crippen molar-refractivity contribution >= 4 is 21.7 Å². The molecule has 19 heavy (non-hydrogen) atoms. The Hall–Kier alpha value is -0.680. The highest BCUT2D eigenvalue weighted by Gasteiger charge is 2.25. The number of hydrogen-bond donors (Lipinski definition) is 1. The van der Waals surface area contributed by atoms with E-state index in [4.69, 9.17) is 4.98 Å². The molecule has 1 atom stereocenters. The maximum atomic E-state index is 9.52. The molecular weight excluding hydrogens is 306 g/mol. The lowest BCUT2D eigenvalue weighted by Gasteiger charge is -2.36. The first-order chi connectivity index (χ1) is 8.91. The van der Waals surface area contributed by atoms with Crippen molar-refractivity contribution in [2.75, 3.05) is 18.1 Å². The zero-order valence-corrected chi connectivity index (χ0v) is 13.4. The number of rotatable bonds is 2. The van der Waals surface area contributed by atoms with Crippen LogP contribution in [-0.4, -0.2) is 34.3 Å². The van der Waals surface area contributed by atoms with Crippen molar-refractivity contribution in [1.29, 1.82) is 0 Å². The molecule has 1 fully saturated rings. The quantitative estimate of drug-likeness (QED) is 0.848. The third-order valence-electron chi connectivity index (χ3n) is 3.48. The van der Waals surface area contributed by atoms with Crippen molar-refractivity contribution in [2.45, 2.75) is 51.5 Å². The van der Waals surface area contributed by atoms with Gasteiger partial charge in [-0.25, -0.2) is 9.97 Å². The molecule has 2 heterocycles. The van der Waals surface area contributed by atoms with Crippen molar-refractivity contribution in [3.63, 3.8) is 0 Å². The lowest BCUT2D eigenvalue weighted by atomic mass is 9.95. The van der Waals surface area contributed by atoms with Gasteiger partial charge in [0.15, 0.2) is 0 Å². The maximum absolute atomic E-state index is 9.52. The van der Waals surface area contributed by atoms with Crippen molar-refractivity contribution in [3.8, 4) is 0 Å². The minimum atomic E-state index is -0.0803. The van der Waals surface area contributed by atoms with Gasteiger partial charge in [0.25, 0.3) is 0 Å². The Bertz CT molecular complexity index is 445. The Morgan fingerprint density at radius 1 is 1.37 bits per heavy atom. The second-order valence-electron chi connectivity index (χ2n) is 6.15. The van der Waals surface area contributed by atoms with E-state index in [1.165, 1.54) is 6.42 Å². The number of aliphatic hydroxyl groups excluding tert-OH is 1. The number of hydrogen-bond acceptors (Lipinski definition) is 4. The normalized spacial score (nSPS) is 20.7. The number of nitrogens with zero attached hydrogens (tertiary/aromatic N) is 3. The average Bonchev–Trinajstić information content (AvgIpc) is 2.37. The van der Waals surface area contributed by atoms with Crippen LogP contribution >= 0.6 is 15.9 Å². The summed E-state index contributed by atoms with van der Waals surface area (Å²) in [6.07, 6.45) is 3.37. The van der Waals surface area contributed by atoms with Crippen molar-refractivity contribution in [2.24, 2.45) is 0 Å². The molecule has 1 unspecified atom stereocenters. The fraction of sp³-hybridized carbons (Fsp3) is 0.714. The highest BCUT2D eigenvalue weighted by atomic mass is 79.9. The van der Waals surface area contributed by atoms with Crippen LogP contribution in [0.1, 0.15) is 45.9 Å². The van der Waals surface area contributed by atoms with Crippen molar-refractivity contribution < 1.29 is 5.11 Å². The zero-order chi connectivity index (χ0) is 14.0. The monoisotopic (exact) mass is 327 g/mol. The number of aliphatic hydroxyl groups is 1. The zero-order valence-electron chi connectivity index (χ0n) is 11.9. The molecule has 0 saturated carbocycles. The Morgan fingerprint density at radius 2 is 2.11 bits per heavy atom. The van der Waals surface area contributed by atoms with Gasteiger partial charge in [-0.1, -0.05) is 20.8 Å². The van der Waals surface area contributed by atoms with Gasteiger partial charge in [0.05, 0.1) is 12.6 Å². The molecule has 1 saturated heterocycles. The molecule has 1 aliphatic rings. The summed E-state index contributed by atoms with van der Waals surface area (Å²) in [5.41, 5.74) is -0.0803. The van der Waals surface area contributed by atoms with Crippen LogP contribution in [-0.2, 0) is 5.41 Å². The van der Waals surface area contributed by atoms with Crippen LogP contribution in [0.15, 0.2) is 10.7 Å². The summed E-state index contributed by atoms with van der Waals surface area (Å²) in [5, 5.41) is 9.52. The first-order valence-electron chi connectivity index (χ1n) is 6.84. The summed E-state index contributed by atoms with van der Waals surface area (Å²) in [4.78, 5) is 11.4. The van der Waals surface area contributed by atoms with Gasteiger partial charge < -0.3 is 10.0 Å². The van der Waals surface area contributed by atoms with E-state index in [9.17, 15) is 5.11 Å². The van der Waals surface area contributed by atoms with Gasteiger partial charge in [0, 0.05) is 18.0 Å². The first-order valence-corrected chi connectivity index (χ1v) is 7.63. The van der Waals surface area contributed by atoms with Crippen molar-refractivity contribution in [3.05, 3.63) is 16.5 Å². The lowest BCUT2D eigenvalue weighted by molar-refractivity contribution is 0.239. The van der Waals surface area contributed by atoms with Gasteiger partial charge in [-0.05, 0) is 35.2 Å². The Kier molecular flexibility index (Phi) is 4.46. The number of halogens is 1. The molecule has 1 aromatic heterocycles. The van der Waals surface area contributed by atoms with E-state index in [1.807, 2.05) is 6.07 Å². The van der Waals surface area contributed by atoms with Crippen LogP contribution in [0.4, 0.5) is 5.82 Å². The van der Waals surface area contributed by atoms with E-state index in [2.05, 4.69) is 46.6 Å². The van der Waals surface area contributed by atoms with Crippen LogP contribution in [0.25, 0.3) is 0 Å². The topological polar surface area (TPSA) is 49.2 Å². The summed E-state index contributed by atoms with van der Waals surface area (Å²) in [5.74, 6) is 1.75. The number of aromatic nitrogens is 2. The van der Waals surface area contributed by atoms with E-state index in [1.54, 1.807) is 0 Å². The predicted molar refractivity (Wildman–Crippen MR) is 80.5 cm³/mol. The third kappa shape index (κ3) is 3.45. The van der Waals surface area contributed by atoms with E-state index < -0.39 is 0 Å². The van der Waals surface area contributed by atoms with Gasteiger partial charge >= 0.3 is 0 Å². The number of anilines is 1. The summed E-state index contributed by atoms with van der Waals surface area (Å²) < 4.78 is 0.810. The van der Waals surface area contributed by atoms with E-state index in [0.29, 0.717) is 0 Å². The smallest absolute Gasteiger partial charge is 0.137 e. The summed E-state index contributed by atoms with van der Waals surface area (Å²) in [6, 6.07) is 2.13. The SMILES string of the molecule is CC(C)(C)c1nc(Br)cc(N2CCCCC2CO)n1. The Morgan fingerprint density at radius 3 is 2.74 bits per heavy atom. The van der Waals surface area contributed by atoms with Crippen LogP contribution < -0.4 is 4.90 Å². The van der Waals surface area contributed by atoms with Crippen molar-refractivity contribution in [1.82, 2.24) is 9.97 Å². The molecule has 0 amide bonds. The predicted octanol–water partition coefficient (Wildman–Crippen LogP) is 2.89. The molecule has 1 aromatic rings. The fourth-order valence-electron chi connectivity index (χ4n) is 2.38. The van der Waals surface area contributed by atoms with Crippen LogP contribution in [0, 0.1) is 0 Å². The molecule has 0 aromatic carbocycles. The Balaban J connectivity index is 2.35. The molecule has 1 N–H and O–H groups in total. The van der Waals surface area contributed by atoms with Gasteiger partial charge in [0.1, 0.15) is 16.2 Å². The third-order valence-corrected chi connectivity index (χ3v) is 3.89. The summed E-state index contributed by atoms with van der Waals surface area (Å²) in [6.45, 7) is 7.47. The molecule has 0 spiro atoms. The molecular formula is C14H22BrN3O. The van der Waals surface area contributed by atoms with E-state index >= 15 is 0 Å². The van der Waals surface area contributed by atoms with Crippen LogP contribution in [0.5, 0.6) is 0 Å². The maximum Gasteiger partial charge on any atom is 0.137 e. The Labute approximate surface area is 123 Å². The summed E-state index contributed by atoms with van der Waals surface area (Å²) in [7, 11) is 0. The van der Waals surface area contributed by atoms with Crippen LogP contribution in [0.3, 0.4) is 0 Å². The van der Waals surface area contributed by atoms with Gasteiger partial charge in [-0.3, -0.25) is 0 Å². The second-order valence-corrected chi connectivity index (χ2v) is 6.96. The van der Waals surface area contributed by atoms with E-state index in [0.717, 1.165) is 35.6 Å².